The van der Waals surface area contributed by atoms with Crippen LogP contribution in [0, 0.1) is 5.82 Å². The van der Waals surface area contributed by atoms with Crippen LogP contribution in [0.25, 0.3) is 11.4 Å². The van der Waals surface area contributed by atoms with Crippen molar-refractivity contribution in [3.63, 3.8) is 0 Å². The second kappa shape index (κ2) is 4.82. The van der Waals surface area contributed by atoms with Crippen LogP contribution in [-0.2, 0) is 0 Å². The maximum absolute atomic E-state index is 13.8. The van der Waals surface area contributed by atoms with E-state index < -0.39 is 0 Å². The summed E-state index contributed by atoms with van der Waals surface area (Å²) in [4.78, 5) is 0. The van der Waals surface area contributed by atoms with Gasteiger partial charge in [-0.2, -0.15) is 0 Å². The number of nitrogens with one attached hydrogen (secondary N) is 1. The van der Waals surface area contributed by atoms with E-state index in [0.29, 0.717) is 22.0 Å². The SMILES string of the molecule is Fc1ccccc1C1=C(c2ccc(Cl)cc2)N[N+]=N1. The molecule has 0 fully saturated rings. The van der Waals surface area contributed by atoms with Crippen molar-refractivity contribution in [3.8, 4) is 0 Å². The van der Waals surface area contributed by atoms with Crippen LogP contribution in [-0.4, -0.2) is 0 Å². The van der Waals surface area contributed by atoms with Gasteiger partial charge in [0.1, 0.15) is 16.6 Å². The molecule has 93 valence electrons. The van der Waals surface area contributed by atoms with E-state index >= 15 is 0 Å². The Morgan fingerprint density at radius 2 is 1.79 bits per heavy atom. The Labute approximate surface area is 114 Å². The molecule has 1 aliphatic heterocycles. The predicted octanol–water partition coefficient (Wildman–Crippen LogP) is 3.61. The fraction of sp³-hybridized carbons (Fsp3) is 0. The lowest BCUT2D eigenvalue weighted by Crippen LogP contribution is -2.08. The van der Waals surface area contributed by atoms with Crippen molar-refractivity contribution in [2.24, 2.45) is 5.11 Å². The molecule has 1 radical (unpaired) electrons. The topological polar surface area (TPSA) is 38.5 Å². The second-order valence-electron chi connectivity index (χ2n) is 4.02. The Bertz CT molecular complexity index is 677. The Balaban J connectivity index is 2.12. The minimum absolute atomic E-state index is 0.327. The van der Waals surface area contributed by atoms with Crippen LogP contribution in [0.4, 0.5) is 4.39 Å². The average molecular weight is 274 g/mol. The molecule has 0 atom stereocenters. The monoisotopic (exact) mass is 273 g/mol. The fourth-order valence-corrected chi connectivity index (χ4v) is 2.01. The highest BCUT2D eigenvalue weighted by atomic mass is 35.5. The van der Waals surface area contributed by atoms with Gasteiger partial charge < -0.3 is 0 Å². The van der Waals surface area contributed by atoms with Crippen LogP contribution < -0.4 is 10.6 Å². The zero-order chi connectivity index (χ0) is 13.2. The van der Waals surface area contributed by atoms with Gasteiger partial charge in [0.15, 0.2) is 5.70 Å². The zero-order valence-electron chi connectivity index (χ0n) is 9.77. The molecule has 1 heterocycles. The molecule has 0 saturated heterocycles. The van der Waals surface area contributed by atoms with Gasteiger partial charge in [0.05, 0.1) is 0 Å². The molecule has 2 aromatic carbocycles. The highest BCUT2D eigenvalue weighted by Gasteiger charge is 2.26. The number of benzene rings is 2. The molecule has 19 heavy (non-hydrogen) atoms. The summed E-state index contributed by atoms with van der Waals surface area (Å²) in [5, 5.41) is 8.37. The van der Waals surface area contributed by atoms with Gasteiger partial charge in [-0.3, -0.25) is 0 Å². The first-order valence-electron chi connectivity index (χ1n) is 5.67. The third-order valence-corrected chi connectivity index (χ3v) is 3.06. The maximum atomic E-state index is 13.8. The smallest absolute Gasteiger partial charge is 0.206 e. The molecule has 0 amide bonds. The summed E-state index contributed by atoms with van der Waals surface area (Å²) >= 11 is 5.85. The van der Waals surface area contributed by atoms with E-state index in [2.05, 4.69) is 15.8 Å². The van der Waals surface area contributed by atoms with E-state index in [4.69, 9.17) is 11.6 Å². The molecule has 3 rings (SSSR count). The van der Waals surface area contributed by atoms with Crippen LogP contribution in [0.2, 0.25) is 5.02 Å². The third kappa shape index (κ3) is 2.22. The summed E-state index contributed by atoms with van der Waals surface area (Å²) in [6.45, 7) is 0. The Kier molecular flexibility index (Phi) is 3.01. The second-order valence-corrected chi connectivity index (χ2v) is 4.46. The molecule has 0 bridgehead atoms. The van der Waals surface area contributed by atoms with Crippen molar-refractivity contribution in [1.29, 1.82) is 0 Å². The molecule has 0 unspecified atom stereocenters. The number of rotatable bonds is 2. The van der Waals surface area contributed by atoms with E-state index in [-0.39, 0.29) is 5.82 Å². The van der Waals surface area contributed by atoms with Crippen molar-refractivity contribution in [1.82, 2.24) is 10.6 Å². The maximum Gasteiger partial charge on any atom is 0.331 e. The summed E-state index contributed by atoms with van der Waals surface area (Å²) in [5.41, 5.74) is 5.22. The van der Waals surface area contributed by atoms with Gasteiger partial charge in [-0.15, -0.1) is 0 Å². The predicted molar refractivity (Wildman–Crippen MR) is 72.4 cm³/mol. The van der Waals surface area contributed by atoms with Crippen LogP contribution >= 0.6 is 11.6 Å². The van der Waals surface area contributed by atoms with Gasteiger partial charge in [0.2, 0.25) is 0 Å². The molecule has 0 saturated carbocycles. The van der Waals surface area contributed by atoms with Crippen molar-refractivity contribution in [2.75, 3.05) is 0 Å². The summed E-state index contributed by atoms with van der Waals surface area (Å²) < 4.78 is 13.8. The van der Waals surface area contributed by atoms with Gasteiger partial charge in [-0.05, 0) is 24.3 Å². The van der Waals surface area contributed by atoms with Crippen molar-refractivity contribution in [3.05, 3.63) is 70.5 Å². The van der Waals surface area contributed by atoms with Gasteiger partial charge in [-0.1, -0.05) is 41.3 Å². The zero-order valence-corrected chi connectivity index (χ0v) is 10.5. The molecule has 0 aliphatic carbocycles. The molecule has 2 aromatic rings. The van der Waals surface area contributed by atoms with Crippen LogP contribution in [0.3, 0.4) is 0 Å². The summed E-state index contributed by atoms with van der Waals surface area (Å²) in [6.07, 6.45) is 0. The number of nitrogens with zero attached hydrogens (tertiary/aromatic N) is 2. The highest BCUT2D eigenvalue weighted by molar-refractivity contribution is 6.30. The Hall–Kier alpha value is -2.20. The standard InChI is InChI=1S/C14H9ClFN3/c15-10-7-5-9(6-8-10)13-14(18-19-17-13)11-3-1-2-4-12(11)16/h1-8H,(H,17,18)/q+1. The third-order valence-electron chi connectivity index (χ3n) is 2.81. The summed E-state index contributed by atoms with van der Waals surface area (Å²) in [6, 6.07) is 13.7. The lowest BCUT2D eigenvalue weighted by atomic mass is 10.1. The van der Waals surface area contributed by atoms with Gasteiger partial charge in [-0.25, -0.2) is 4.39 Å². The van der Waals surface area contributed by atoms with E-state index in [0.717, 1.165) is 5.56 Å². The summed E-state index contributed by atoms with van der Waals surface area (Å²) in [7, 11) is 0. The molecular weight excluding hydrogens is 265 g/mol. The molecule has 1 N–H and O–H groups in total. The molecular formula is C14H9ClFN3+. The first-order chi connectivity index (χ1) is 9.25. The van der Waals surface area contributed by atoms with Crippen LogP contribution in [0.15, 0.2) is 53.6 Å². The van der Waals surface area contributed by atoms with Crippen LogP contribution in [0.5, 0.6) is 0 Å². The van der Waals surface area contributed by atoms with E-state index in [1.54, 1.807) is 30.3 Å². The van der Waals surface area contributed by atoms with Crippen molar-refractivity contribution >= 4 is 23.0 Å². The van der Waals surface area contributed by atoms with Crippen molar-refractivity contribution in [2.45, 2.75) is 0 Å². The molecule has 1 aliphatic rings. The number of hydrogen-bond donors (Lipinski definition) is 1. The molecule has 5 heteroatoms. The highest BCUT2D eigenvalue weighted by Crippen LogP contribution is 2.29. The largest absolute Gasteiger partial charge is 0.331 e. The fourth-order valence-electron chi connectivity index (χ4n) is 1.89. The lowest BCUT2D eigenvalue weighted by molar-refractivity contribution is 0.623. The van der Waals surface area contributed by atoms with Gasteiger partial charge in [0, 0.05) is 16.1 Å². The Morgan fingerprint density at radius 3 is 2.53 bits per heavy atom. The number of hydrogen-bond acceptors (Lipinski definition) is 3. The number of halogens is 2. The minimum Gasteiger partial charge on any atom is -0.206 e. The van der Waals surface area contributed by atoms with E-state index in [1.165, 1.54) is 6.07 Å². The first-order valence-corrected chi connectivity index (χ1v) is 6.05. The minimum atomic E-state index is -0.327. The normalized spacial score (nSPS) is 13.8. The van der Waals surface area contributed by atoms with E-state index in [1.807, 2.05) is 12.1 Å². The first kappa shape index (κ1) is 11.9. The van der Waals surface area contributed by atoms with Gasteiger partial charge >= 0.3 is 5.22 Å². The summed E-state index contributed by atoms with van der Waals surface area (Å²) in [5.74, 6) is -0.327. The molecule has 3 nitrogen and oxygen atoms in total. The molecule has 0 spiro atoms. The van der Waals surface area contributed by atoms with Crippen molar-refractivity contribution < 1.29 is 4.39 Å². The van der Waals surface area contributed by atoms with Gasteiger partial charge in [0.25, 0.3) is 0 Å². The molecule has 0 aromatic heterocycles. The Morgan fingerprint density at radius 1 is 1.05 bits per heavy atom. The average Bonchev–Trinajstić information content (AvgIpc) is 2.89. The van der Waals surface area contributed by atoms with E-state index in [9.17, 15) is 4.39 Å². The van der Waals surface area contributed by atoms with Crippen LogP contribution in [0.1, 0.15) is 11.1 Å². The quantitative estimate of drug-likeness (QED) is 0.892. The lowest BCUT2D eigenvalue weighted by Gasteiger charge is -2.02.